The number of aryl methyl sites for hydroxylation is 2. The monoisotopic (exact) mass is 241 g/mol. The summed E-state index contributed by atoms with van der Waals surface area (Å²) in [5.41, 5.74) is 2.95. The Morgan fingerprint density at radius 1 is 1.06 bits per heavy atom. The molecule has 1 unspecified atom stereocenters. The van der Waals surface area contributed by atoms with Crippen molar-refractivity contribution >= 4 is 0 Å². The summed E-state index contributed by atoms with van der Waals surface area (Å²) in [6.45, 7) is 5.87. The van der Waals surface area contributed by atoms with Crippen LogP contribution in [0.1, 0.15) is 36.2 Å². The number of nitrogens with zero attached hydrogens (tertiary/aromatic N) is 1. The summed E-state index contributed by atoms with van der Waals surface area (Å²) in [6, 6.07) is 11.9. The van der Waals surface area contributed by atoms with Gasteiger partial charge in [0.1, 0.15) is 5.60 Å². The molecular formula is C16H19NO. The van der Waals surface area contributed by atoms with Crippen LogP contribution in [0, 0.1) is 6.92 Å². The summed E-state index contributed by atoms with van der Waals surface area (Å²) in [5, 5.41) is 10.7. The molecule has 1 atom stereocenters. The van der Waals surface area contributed by atoms with Crippen molar-refractivity contribution in [3.8, 4) is 0 Å². The van der Waals surface area contributed by atoms with Crippen molar-refractivity contribution in [3.63, 3.8) is 0 Å². The lowest BCUT2D eigenvalue weighted by Crippen LogP contribution is -2.23. The highest BCUT2D eigenvalue weighted by Crippen LogP contribution is 2.28. The van der Waals surface area contributed by atoms with Gasteiger partial charge in [-0.2, -0.15) is 0 Å². The molecule has 2 heteroatoms. The summed E-state index contributed by atoms with van der Waals surface area (Å²) >= 11 is 0. The van der Waals surface area contributed by atoms with Crippen molar-refractivity contribution < 1.29 is 5.11 Å². The summed E-state index contributed by atoms with van der Waals surface area (Å²) in [7, 11) is 0. The fourth-order valence-corrected chi connectivity index (χ4v) is 1.99. The first kappa shape index (κ1) is 12.8. The van der Waals surface area contributed by atoms with E-state index in [0.717, 1.165) is 23.2 Å². The zero-order chi connectivity index (χ0) is 13.2. The lowest BCUT2D eigenvalue weighted by molar-refractivity contribution is 0.102. The highest BCUT2D eigenvalue weighted by molar-refractivity contribution is 5.35. The van der Waals surface area contributed by atoms with Crippen molar-refractivity contribution in [3.05, 3.63) is 65.0 Å². The molecule has 0 saturated heterocycles. The van der Waals surface area contributed by atoms with Crippen LogP contribution in [0.5, 0.6) is 0 Å². The summed E-state index contributed by atoms with van der Waals surface area (Å²) in [5.74, 6) is 0. The fourth-order valence-electron chi connectivity index (χ4n) is 1.99. The van der Waals surface area contributed by atoms with E-state index in [1.807, 2.05) is 31.2 Å². The highest BCUT2D eigenvalue weighted by Gasteiger charge is 2.25. The third-order valence-corrected chi connectivity index (χ3v) is 3.40. The van der Waals surface area contributed by atoms with Crippen LogP contribution in [0.25, 0.3) is 0 Å². The molecule has 18 heavy (non-hydrogen) atoms. The lowest BCUT2D eigenvalue weighted by atomic mass is 9.88. The second kappa shape index (κ2) is 4.91. The third kappa shape index (κ3) is 2.44. The molecule has 2 aromatic rings. The van der Waals surface area contributed by atoms with Crippen molar-refractivity contribution in [1.82, 2.24) is 4.98 Å². The SMILES string of the molecule is CCc1ccc(C(C)(O)c2ccc(C)nc2)cc1. The molecule has 0 aliphatic heterocycles. The Morgan fingerprint density at radius 2 is 1.67 bits per heavy atom. The van der Waals surface area contributed by atoms with E-state index in [2.05, 4.69) is 24.0 Å². The summed E-state index contributed by atoms with van der Waals surface area (Å²) < 4.78 is 0. The molecule has 0 saturated carbocycles. The van der Waals surface area contributed by atoms with E-state index in [0.29, 0.717) is 0 Å². The molecule has 1 N–H and O–H groups in total. The number of pyridine rings is 1. The van der Waals surface area contributed by atoms with Crippen LogP contribution in [-0.4, -0.2) is 10.1 Å². The van der Waals surface area contributed by atoms with Gasteiger partial charge in [0.25, 0.3) is 0 Å². The molecule has 0 spiro atoms. The highest BCUT2D eigenvalue weighted by atomic mass is 16.3. The van der Waals surface area contributed by atoms with Crippen molar-refractivity contribution in [2.24, 2.45) is 0 Å². The van der Waals surface area contributed by atoms with Crippen molar-refractivity contribution in [2.45, 2.75) is 32.8 Å². The lowest BCUT2D eigenvalue weighted by Gasteiger charge is -2.24. The summed E-state index contributed by atoms with van der Waals surface area (Å²) in [4.78, 5) is 4.24. The van der Waals surface area contributed by atoms with E-state index in [4.69, 9.17) is 0 Å². The molecule has 0 fully saturated rings. The number of rotatable bonds is 3. The molecule has 0 radical (unpaired) electrons. The molecule has 94 valence electrons. The van der Waals surface area contributed by atoms with Crippen LogP contribution in [0.4, 0.5) is 0 Å². The number of aliphatic hydroxyl groups is 1. The van der Waals surface area contributed by atoms with E-state index in [-0.39, 0.29) is 0 Å². The van der Waals surface area contributed by atoms with Gasteiger partial charge < -0.3 is 5.11 Å². The van der Waals surface area contributed by atoms with Gasteiger partial charge in [-0.05, 0) is 37.5 Å². The zero-order valence-corrected chi connectivity index (χ0v) is 11.1. The molecule has 0 amide bonds. The normalized spacial score (nSPS) is 14.2. The minimum absolute atomic E-state index is 0.817. The number of hydrogen-bond donors (Lipinski definition) is 1. The van der Waals surface area contributed by atoms with Crippen molar-refractivity contribution in [2.75, 3.05) is 0 Å². The van der Waals surface area contributed by atoms with E-state index in [1.165, 1.54) is 5.56 Å². The van der Waals surface area contributed by atoms with Gasteiger partial charge in [-0.25, -0.2) is 0 Å². The second-order valence-corrected chi connectivity index (χ2v) is 4.81. The van der Waals surface area contributed by atoms with Crippen LogP contribution in [0.15, 0.2) is 42.6 Å². The minimum Gasteiger partial charge on any atom is -0.381 e. The minimum atomic E-state index is -0.993. The average Bonchev–Trinajstić information content (AvgIpc) is 2.39. The van der Waals surface area contributed by atoms with E-state index in [1.54, 1.807) is 13.1 Å². The number of benzene rings is 1. The molecule has 2 rings (SSSR count). The van der Waals surface area contributed by atoms with Gasteiger partial charge in [0.05, 0.1) is 0 Å². The molecule has 1 aromatic carbocycles. The molecule has 0 aliphatic carbocycles. The predicted octanol–water partition coefficient (Wildman–Crippen LogP) is 3.21. The maximum absolute atomic E-state index is 10.7. The van der Waals surface area contributed by atoms with Crippen LogP contribution >= 0.6 is 0 Å². The Balaban J connectivity index is 2.37. The predicted molar refractivity (Wildman–Crippen MR) is 73.5 cm³/mol. The Morgan fingerprint density at radius 3 is 2.17 bits per heavy atom. The Bertz CT molecular complexity index is 512. The van der Waals surface area contributed by atoms with Crippen LogP contribution in [-0.2, 0) is 12.0 Å². The first-order valence-corrected chi connectivity index (χ1v) is 6.29. The standard InChI is InChI=1S/C16H19NO/c1-4-13-6-9-14(10-7-13)16(3,18)15-8-5-12(2)17-11-15/h5-11,18H,4H2,1-3H3. The van der Waals surface area contributed by atoms with E-state index >= 15 is 0 Å². The van der Waals surface area contributed by atoms with Crippen LogP contribution < -0.4 is 0 Å². The van der Waals surface area contributed by atoms with Gasteiger partial charge >= 0.3 is 0 Å². The van der Waals surface area contributed by atoms with Gasteiger partial charge in [-0.1, -0.05) is 37.3 Å². The second-order valence-electron chi connectivity index (χ2n) is 4.81. The largest absolute Gasteiger partial charge is 0.381 e. The van der Waals surface area contributed by atoms with Gasteiger partial charge in [0.15, 0.2) is 0 Å². The maximum Gasteiger partial charge on any atom is 0.113 e. The molecular weight excluding hydrogens is 222 g/mol. The maximum atomic E-state index is 10.7. The zero-order valence-electron chi connectivity index (χ0n) is 11.1. The van der Waals surface area contributed by atoms with E-state index in [9.17, 15) is 5.11 Å². The number of aromatic nitrogens is 1. The van der Waals surface area contributed by atoms with Gasteiger partial charge in [0, 0.05) is 17.5 Å². The van der Waals surface area contributed by atoms with Crippen LogP contribution in [0.3, 0.4) is 0 Å². The average molecular weight is 241 g/mol. The van der Waals surface area contributed by atoms with Gasteiger partial charge in [-0.15, -0.1) is 0 Å². The van der Waals surface area contributed by atoms with E-state index < -0.39 is 5.60 Å². The summed E-state index contributed by atoms with van der Waals surface area (Å²) in [6.07, 6.45) is 2.75. The molecule has 1 heterocycles. The molecule has 0 aliphatic rings. The Labute approximate surface area is 108 Å². The van der Waals surface area contributed by atoms with Gasteiger partial charge in [-0.3, -0.25) is 4.98 Å². The molecule has 1 aromatic heterocycles. The van der Waals surface area contributed by atoms with Crippen LogP contribution in [0.2, 0.25) is 0 Å². The van der Waals surface area contributed by atoms with Crippen molar-refractivity contribution in [1.29, 1.82) is 0 Å². The topological polar surface area (TPSA) is 33.1 Å². The third-order valence-electron chi connectivity index (χ3n) is 3.40. The number of hydrogen-bond acceptors (Lipinski definition) is 2. The Hall–Kier alpha value is -1.67. The Kier molecular flexibility index (Phi) is 3.48. The first-order chi connectivity index (χ1) is 8.54. The quantitative estimate of drug-likeness (QED) is 0.895. The first-order valence-electron chi connectivity index (χ1n) is 6.29. The van der Waals surface area contributed by atoms with Gasteiger partial charge in [0.2, 0.25) is 0 Å². The fraction of sp³-hybridized carbons (Fsp3) is 0.312. The molecule has 2 nitrogen and oxygen atoms in total. The molecule has 0 bridgehead atoms. The smallest absolute Gasteiger partial charge is 0.113 e.